The number of ether oxygens (including phenoxy) is 1. The van der Waals surface area contributed by atoms with Crippen LogP contribution in [0.3, 0.4) is 0 Å². The Kier molecular flexibility index (Phi) is 3.15. The molecule has 0 bridgehead atoms. The van der Waals surface area contributed by atoms with Crippen LogP contribution in [0, 0.1) is 6.92 Å². The highest BCUT2D eigenvalue weighted by molar-refractivity contribution is 5.83. The number of aromatic nitrogens is 3. The lowest BCUT2D eigenvalue weighted by molar-refractivity contribution is 0.407. The Bertz CT molecular complexity index is 893. The summed E-state index contributed by atoms with van der Waals surface area (Å²) in [6, 6.07) is 9.70. The molecule has 1 aliphatic carbocycles. The fraction of sp³-hybridized carbons (Fsp3) is 0.278. The van der Waals surface area contributed by atoms with E-state index in [0.29, 0.717) is 11.8 Å². The van der Waals surface area contributed by atoms with Crippen molar-refractivity contribution in [1.82, 2.24) is 15.0 Å². The Balaban J connectivity index is 1.74. The number of hydrogen-bond donors (Lipinski definition) is 1. The van der Waals surface area contributed by atoms with E-state index in [9.17, 15) is 0 Å². The van der Waals surface area contributed by atoms with E-state index in [1.54, 1.807) is 7.11 Å². The fourth-order valence-corrected chi connectivity index (χ4v) is 3.04. The van der Waals surface area contributed by atoms with Gasteiger partial charge < -0.3 is 10.5 Å². The normalized spacial score (nSPS) is 19.7. The van der Waals surface area contributed by atoms with E-state index in [2.05, 4.69) is 9.97 Å². The van der Waals surface area contributed by atoms with E-state index in [-0.39, 0.29) is 0 Å². The molecule has 1 saturated carbocycles. The molecule has 2 aromatic heterocycles. The van der Waals surface area contributed by atoms with E-state index in [1.807, 2.05) is 43.5 Å². The SMILES string of the molecule is COc1cc2ccc(N)cc2nc1[C@H]1C[C@@H]1c1nccc(C)n1. The van der Waals surface area contributed by atoms with Crippen LogP contribution in [0.2, 0.25) is 0 Å². The molecular weight excluding hydrogens is 288 g/mol. The van der Waals surface area contributed by atoms with Gasteiger partial charge in [0.05, 0.1) is 18.3 Å². The van der Waals surface area contributed by atoms with Crippen molar-refractivity contribution < 1.29 is 4.74 Å². The first-order chi connectivity index (χ1) is 11.2. The van der Waals surface area contributed by atoms with Crippen molar-refractivity contribution in [3.8, 4) is 5.75 Å². The van der Waals surface area contributed by atoms with E-state index in [4.69, 9.17) is 15.5 Å². The number of fused-ring (bicyclic) bond motifs is 1. The van der Waals surface area contributed by atoms with Crippen LogP contribution in [-0.2, 0) is 0 Å². The summed E-state index contributed by atoms with van der Waals surface area (Å²) < 4.78 is 5.56. The highest BCUT2D eigenvalue weighted by Gasteiger charge is 2.44. The van der Waals surface area contributed by atoms with Gasteiger partial charge in [-0.05, 0) is 37.6 Å². The molecule has 2 atom stereocenters. The fourth-order valence-electron chi connectivity index (χ4n) is 3.04. The zero-order valence-corrected chi connectivity index (χ0v) is 13.2. The average Bonchev–Trinajstić information content (AvgIpc) is 3.34. The third kappa shape index (κ3) is 2.48. The molecule has 0 saturated heterocycles. The second-order valence-corrected chi connectivity index (χ2v) is 6.03. The minimum absolute atomic E-state index is 0.303. The molecule has 4 rings (SSSR count). The topological polar surface area (TPSA) is 73.9 Å². The molecule has 23 heavy (non-hydrogen) atoms. The van der Waals surface area contributed by atoms with Crippen LogP contribution in [0.25, 0.3) is 10.9 Å². The maximum atomic E-state index is 5.88. The molecule has 0 unspecified atom stereocenters. The molecule has 0 radical (unpaired) electrons. The Labute approximate surface area is 134 Å². The minimum Gasteiger partial charge on any atom is -0.495 e. The Morgan fingerprint density at radius 2 is 2.00 bits per heavy atom. The number of benzene rings is 1. The number of aryl methyl sites for hydroxylation is 1. The lowest BCUT2D eigenvalue weighted by Crippen LogP contribution is -1.99. The molecule has 0 spiro atoms. The highest BCUT2D eigenvalue weighted by Crippen LogP contribution is 2.55. The Hall–Kier alpha value is -2.69. The van der Waals surface area contributed by atoms with Gasteiger partial charge in [0.1, 0.15) is 11.6 Å². The first kappa shape index (κ1) is 13.9. The van der Waals surface area contributed by atoms with Crippen molar-refractivity contribution in [2.75, 3.05) is 12.8 Å². The molecule has 1 aromatic carbocycles. The third-order valence-electron chi connectivity index (χ3n) is 4.34. The van der Waals surface area contributed by atoms with Crippen LogP contribution in [0.5, 0.6) is 5.75 Å². The standard InChI is InChI=1S/C18H18N4O/c1-10-5-6-20-18(21-10)14-9-13(14)17-16(23-2)7-11-3-4-12(19)8-15(11)22-17/h3-8,13-14H,9,19H2,1-2H3/t13-,14-/m0/s1. The number of pyridine rings is 1. The van der Waals surface area contributed by atoms with Gasteiger partial charge in [-0.3, -0.25) is 0 Å². The van der Waals surface area contributed by atoms with Gasteiger partial charge in [-0.1, -0.05) is 6.07 Å². The zero-order valence-electron chi connectivity index (χ0n) is 13.2. The summed E-state index contributed by atoms with van der Waals surface area (Å²) in [5.74, 6) is 2.33. The number of nitrogens with zero attached hydrogens (tertiary/aromatic N) is 3. The van der Waals surface area contributed by atoms with Crippen LogP contribution in [0.4, 0.5) is 5.69 Å². The molecule has 2 N–H and O–H groups in total. The molecule has 0 amide bonds. The maximum absolute atomic E-state index is 5.88. The van der Waals surface area contributed by atoms with Gasteiger partial charge in [0, 0.05) is 34.8 Å². The molecule has 5 nitrogen and oxygen atoms in total. The number of anilines is 1. The van der Waals surface area contributed by atoms with Crippen molar-refractivity contribution >= 4 is 16.6 Å². The van der Waals surface area contributed by atoms with Gasteiger partial charge in [0.25, 0.3) is 0 Å². The van der Waals surface area contributed by atoms with Crippen molar-refractivity contribution in [3.63, 3.8) is 0 Å². The monoisotopic (exact) mass is 306 g/mol. The molecular formula is C18H18N4O. The molecule has 0 aliphatic heterocycles. The molecule has 2 heterocycles. The Morgan fingerprint density at radius 1 is 1.13 bits per heavy atom. The van der Waals surface area contributed by atoms with E-state index >= 15 is 0 Å². The van der Waals surface area contributed by atoms with Crippen LogP contribution < -0.4 is 10.5 Å². The lowest BCUT2D eigenvalue weighted by Gasteiger charge is -2.10. The van der Waals surface area contributed by atoms with E-state index in [0.717, 1.165) is 46.0 Å². The first-order valence-corrected chi connectivity index (χ1v) is 7.69. The third-order valence-corrected chi connectivity index (χ3v) is 4.34. The number of rotatable bonds is 3. The molecule has 5 heteroatoms. The van der Waals surface area contributed by atoms with Crippen molar-refractivity contribution in [2.24, 2.45) is 0 Å². The Morgan fingerprint density at radius 3 is 2.78 bits per heavy atom. The van der Waals surface area contributed by atoms with Crippen LogP contribution in [0.15, 0.2) is 36.5 Å². The summed E-state index contributed by atoms with van der Waals surface area (Å²) in [7, 11) is 1.68. The number of methoxy groups -OCH3 is 1. The summed E-state index contributed by atoms with van der Waals surface area (Å²) in [6.07, 6.45) is 2.82. The van der Waals surface area contributed by atoms with Gasteiger partial charge in [0.15, 0.2) is 0 Å². The van der Waals surface area contributed by atoms with Crippen LogP contribution in [0.1, 0.15) is 35.5 Å². The van der Waals surface area contributed by atoms with Gasteiger partial charge >= 0.3 is 0 Å². The average molecular weight is 306 g/mol. The molecule has 116 valence electrons. The number of hydrogen-bond acceptors (Lipinski definition) is 5. The summed E-state index contributed by atoms with van der Waals surface area (Å²) in [5, 5.41) is 1.03. The number of nitrogens with two attached hydrogens (primary N) is 1. The quantitative estimate of drug-likeness (QED) is 0.752. The summed E-state index contributed by atoms with van der Waals surface area (Å²) in [4.78, 5) is 13.8. The maximum Gasteiger partial charge on any atom is 0.141 e. The van der Waals surface area contributed by atoms with Crippen LogP contribution in [-0.4, -0.2) is 22.1 Å². The van der Waals surface area contributed by atoms with Crippen LogP contribution >= 0.6 is 0 Å². The second-order valence-electron chi connectivity index (χ2n) is 6.03. The predicted molar refractivity (Wildman–Crippen MR) is 89.6 cm³/mol. The van der Waals surface area contributed by atoms with E-state index in [1.165, 1.54) is 0 Å². The predicted octanol–water partition coefficient (Wildman–Crippen LogP) is 3.20. The first-order valence-electron chi connectivity index (χ1n) is 7.69. The highest BCUT2D eigenvalue weighted by atomic mass is 16.5. The van der Waals surface area contributed by atoms with Crippen molar-refractivity contribution in [2.45, 2.75) is 25.2 Å². The molecule has 1 fully saturated rings. The van der Waals surface area contributed by atoms with Gasteiger partial charge in [-0.25, -0.2) is 15.0 Å². The summed E-state index contributed by atoms with van der Waals surface area (Å²) in [6.45, 7) is 1.99. The van der Waals surface area contributed by atoms with E-state index < -0.39 is 0 Å². The van der Waals surface area contributed by atoms with Crippen molar-refractivity contribution in [3.05, 3.63) is 53.7 Å². The number of nitrogen functional groups attached to an aromatic ring is 1. The molecule has 1 aliphatic rings. The van der Waals surface area contributed by atoms with Gasteiger partial charge in [0.2, 0.25) is 0 Å². The smallest absolute Gasteiger partial charge is 0.141 e. The van der Waals surface area contributed by atoms with Crippen molar-refractivity contribution in [1.29, 1.82) is 0 Å². The van der Waals surface area contributed by atoms with Gasteiger partial charge in [-0.2, -0.15) is 0 Å². The lowest BCUT2D eigenvalue weighted by atomic mass is 10.1. The van der Waals surface area contributed by atoms with Gasteiger partial charge in [-0.15, -0.1) is 0 Å². The second kappa shape index (κ2) is 5.19. The summed E-state index contributed by atoms with van der Waals surface area (Å²) >= 11 is 0. The summed E-state index contributed by atoms with van der Waals surface area (Å²) in [5.41, 5.74) is 9.46. The zero-order chi connectivity index (χ0) is 16.0. The minimum atomic E-state index is 0.303. The largest absolute Gasteiger partial charge is 0.495 e. The molecule has 3 aromatic rings.